The number of carboxylic acid groups (broad SMARTS) is 1. The third-order valence-electron chi connectivity index (χ3n) is 7.08. The first-order chi connectivity index (χ1) is 15.0. The summed E-state index contributed by atoms with van der Waals surface area (Å²) in [5.74, 6) is -3.84. The Bertz CT molecular complexity index is 1120. The lowest BCUT2D eigenvalue weighted by Gasteiger charge is -2.52. The van der Waals surface area contributed by atoms with Crippen LogP contribution in [0, 0.1) is 0 Å². The molecule has 32 heavy (non-hydrogen) atoms. The average Bonchev–Trinajstić information content (AvgIpc) is 2.69. The Labute approximate surface area is 181 Å². The fourth-order valence-corrected chi connectivity index (χ4v) is 5.64. The summed E-state index contributed by atoms with van der Waals surface area (Å²) in [4.78, 5) is 38.1. The molecule has 2 bridgehead atoms. The molecule has 1 fully saturated rings. The molecule has 3 aliphatic heterocycles. The number of aliphatic hydroxyl groups excluding tert-OH is 1. The molecule has 0 aromatic heterocycles. The molecular formula is C22H22O10. The van der Waals surface area contributed by atoms with E-state index in [0.29, 0.717) is 0 Å². The smallest absolute Gasteiger partial charge is 0.305 e. The van der Waals surface area contributed by atoms with E-state index in [1.807, 2.05) is 0 Å². The second-order valence-corrected chi connectivity index (χ2v) is 8.83. The van der Waals surface area contributed by atoms with Gasteiger partial charge in [0.15, 0.2) is 11.6 Å². The number of carbonyl (C=O) groups excluding carboxylic acids is 2. The highest BCUT2D eigenvalue weighted by Crippen LogP contribution is 2.54. The van der Waals surface area contributed by atoms with Gasteiger partial charge in [0.25, 0.3) is 0 Å². The standard InChI is InChI=1S/C22H22O10/c1-6-13-9(3-8(31-6)4-12(24)25)18(26)15-16(19(13)27)21(29)17-14(20(15)28)10-5-11(23)22(17,30)7(2)32-10/h6-8,10-11,23,26-27,30H,3-5H2,1-2H3,(H,24,25)/t6-,7+,8-,10?,11+,22?/m0/s1. The summed E-state index contributed by atoms with van der Waals surface area (Å²) in [5, 5.41) is 52.8. The summed E-state index contributed by atoms with van der Waals surface area (Å²) in [6.07, 6.45) is -5.45. The number of carbonyl (C=O) groups is 3. The van der Waals surface area contributed by atoms with Crippen LogP contribution < -0.4 is 0 Å². The van der Waals surface area contributed by atoms with Crippen LogP contribution in [-0.2, 0) is 20.7 Å². The van der Waals surface area contributed by atoms with Crippen molar-refractivity contribution >= 4 is 17.5 Å². The van der Waals surface area contributed by atoms with Gasteiger partial charge in [-0.25, -0.2) is 0 Å². The molecular weight excluding hydrogens is 424 g/mol. The van der Waals surface area contributed by atoms with E-state index in [-0.39, 0.29) is 41.5 Å². The minimum atomic E-state index is -2.14. The lowest BCUT2D eigenvalue weighted by Crippen LogP contribution is -2.66. The van der Waals surface area contributed by atoms with Crippen LogP contribution >= 0.6 is 0 Å². The lowest BCUT2D eigenvalue weighted by molar-refractivity contribution is -0.207. The Kier molecular flexibility index (Phi) is 4.35. The number of aliphatic carboxylic acids is 1. The molecule has 10 nitrogen and oxygen atoms in total. The van der Waals surface area contributed by atoms with Gasteiger partial charge in [0.2, 0.25) is 0 Å². The normalized spacial score (nSPS) is 35.4. The minimum absolute atomic E-state index is 0.0777. The van der Waals surface area contributed by atoms with Crippen molar-refractivity contribution in [2.45, 2.75) is 69.2 Å². The number of phenolic OH excluding ortho intramolecular Hbond substituents is 2. The zero-order valence-electron chi connectivity index (χ0n) is 17.3. The molecule has 170 valence electrons. The summed E-state index contributed by atoms with van der Waals surface area (Å²) in [6.45, 7) is 3.02. The number of ketones is 2. The Hall–Kier alpha value is -2.79. The number of ether oxygens (including phenoxy) is 2. The third-order valence-corrected chi connectivity index (χ3v) is 7.08. The molecule has 2 unspecified atom stereocenters. The lowest BCUT2D eigenvalue weighted by atomic mass is 9.63. The van der Waals surface area contributed by atoms with Crippen molar-refractivity contribution in [1.82, 2.24) is 0 Å². The highest BCUT2D eigenvalue weighted by atomic mass is 16.5. The first-order valence-corrected chi connectivity index (χ1v) is 10.4. The van der Waals surface area contributed by atoms with Crippen molar-refractivity contribution in [3.63, 3.8) is 0 Å². The van der Waals surface area contributed by atoms with E-state index < -0.39 is 76.3 Å². The van der Waals surface area contributed by atoms with Gasteiger partial charge in [0, 0.05) is 35.1 Å². The van der Waals surface area contributed by atoms with Gasteiger partial charge in [-0.15, -0.1) is 0 Å². The molecule has 10 heteroatoms. The first-order valence-electron chi connectivity index (χ1n) is 10.4. The molecule has 0 saturated carbocycles. The van der Waals surface area contributed by atoms with Gasteiger partial charge in [0.05, 0.1) is 48.1 Å². The fourth-order valence-electron chi connectivity index (χ4n) is 5.64. The molecule has 6 rings (SSSR count). The predicted molar refractivity (Wildman–Crippen MR) is 105 cm³/mol. The van der Waals surface area contributed by atoms with Crippen molar-refractivity contribution in [1.29, 1.82) is 0 Å². The molecule has 0 radical (unpaired) electrons. The maximum atomic E-state index is 13.5. The number of hydrogen-bond donors (Lipinski definition) is 5. The number of hydrogen-bond acceptors (Lipinski definition) is 9. The highest BCUT2D eigenvalue weighted by Gasteiger charge is 2.62. The topological polar surface area (TPSA) is 171 Å². The van der Waals surface area contributed by atoms with Crippen LogP contribution in [0.1, 0.15) is 64.6 Å². The number of aromatic hydroxyl groups is 2. The Balaban J connectivity index is 1.73. The van der Waals surface area contributed by atoms with E-state index in [0.717, 1.165) is 0 Å². The summed E-state index contributed by atoms with van der Waals surface area (Å²) >= 11 is 0. The van der Waals surface area contributed by atoms with Gasteiger partial charge in [0.1, 0.15) is 17.1 Å². The second-order valence-electron chi connectivity index (χ2n) is 8.83. The van der Waals surface area contributed by atoms with E-state index in [1.165, 1.54) is 13.8 Å². The molecule has 6 atom stereocenters. The quantitative estimate of drug-likeness (QED) is 0.404. The molecule has 5 aliphatic rings. The number of fused-ring (bicyclic) bond motifs is 4. The molecule has 5 N–H and O–H groups in total. The second kappa shape index (κ2) is 6.61. The molecule has 2 aliphatic carbocycles. The van der Waals surface area contributed by atoms with Crippen LogP contribution in [0.5, 0.6) is 11.5 Å². The number of aliphatic hydroxyl groups is 2. The summed E-state index contributed by atoms with van der Waals surface area (Å²) in [6, 6.07) is 0. The van der Waals surface area contributed by atoms with E-state index in [2.05, 4.69) is 0 Å². The minimum Gasteiger partial charge on any atom is -0.507 e. The number of Topliss-reactive ketones (excluding diaryl/α,β-unsaturated/α-hetero) is 2. The monoisotopic (exact) mass is 446 g/mol. The van der Waals surface area contributed by atoms with Crippen molar-refractivity contribution < 1.29 is 49.4 Å². The summed E-state index contributed by atoms with van der Waals surface area (Å²) in [5.41, 5.74) is -3.23. The van der Waals surface area contributed by atoms with Crippen molar-refractivity contribution in [3.05, 3.63) is 33.4 Å². The highest BCUT2D eigenvalue weighted by molar-refractivity contribution is 6.30. The molecule has 1 aromatic carbocycles. The third kappa shape index (κ3) is 2.46. The number of benzene rings is 1. The SMILES string of the molecule is C[C@@H]1O[C@H](CC(=O)O)Cc2c(O)c3c(c(O)c21)C(=O)C1=C(C3=O)C2C[C@@H](O)C1(O)[C@@H](C)O2. The van der Waals surface area contributed by atoms with E-state index in [4.69, 9.17) is 14.6 Å². The van der Waals surface area contributed by atoms with Crippen LogP contribution in [0.3, 0.4) is 0 Å². The molecule has 0 spiro atoms. The van der Waals surface area contributed by atoms with Gasteiger partial charge >= 0.3 is 5.97 Å². The molecule has 1 aromatic rings. The maximum Gasteiger partial charge on any atom is 0.305 e. The molecule has 1 saturated heterocycles. The van der Waals surface area contributed by atoms with Gasteiger partial charge < -0.3 is 35.0 Å². The summed E-state index contributed by atoms with van der Waals surface area (Å²) in [7, 11) is 0. The van der Waals surface area contributed by atoms with Gasteiger partial charge in [-0.1, -0.05) is 0 Å². The van der Waals surface area contributed by atoms with Gasteiger partial charge in [-0.2, -0.15) is 0 Å². The van der Waals surface area contributed by atoms with Crippen molar-refractivity contribution in [2.75, 3.05) is 0 Å². The van der Waals surface area contributed by atoms with Gasteiger partial charge in [-0.05, 0) is 13.8 Å². The van der Waals surface area contributed by atoms with Crippen LogP contribution in [-0.4, -0.2) is 73.1 Å². The average molecular weight is 446 g/mol. The summed E-state index contributed by atoms with van der Waals surface area (Å²) < 4.78 is 11.3. The predicted octanol–water partition coefficient (Wildman–Crippen LogP) is 0.533. The van der Waals surface area contributed by atoms with Crippen LogP contribution in [0.4, 0.5) is 0 Å². The molecule has 0 amide bonds. The van der Waals surface area contributed by atoms with Crippen molar-refractivity contribution in [2.24, 2.45) is 0 Å². The van der Waals surface area contributed by atoms with Crippen LogP contribution in [0.2, 0.25) is 0 Å². The molecule has 3 heterocycles. The van der Waals surface area contributed by atoms with E-state index >= 15 is 0 Å². The number of phenols is 2. The van der Waals surface area contributed by atoms with Gasteiger partial charge in [-0.3, -0.25) is 14.4 Å². The van der Waals surface area contributed by atoms with E-state index in [9.17, 15) is 34.8 Å². The first kappa shape index (κ1) is 21.1. The Morgan fingerprint density at radius 1 is 1.09 bits per heavy atom. The largest absolute Gasteiger partial charge is 0.507 e. The van der Waals surface area contributed by atoms with E-state index in [1.54, 1.807) is 0 Å². The Morgan fingerprint density at radius 2 is 1.75 bits per heavy atom. The van der Waals surface area contributed by atoms with Crippen LogP contribution in [0.25, 0.3) is 0 Å². The van der Waals surface area contributed by atoms with Crippen LogP contribution in [0.15, 0.2) is 11.1 Å². The number of carboxylic acids is 1. The fraction of sp³-hybridized carbons (Fsp3) is 0.500. The zero-order valence-corrected chi connectivity index (χ0v) is 17.3. The number of rotatable bonds is 2. The Morgan fingerprint density at radius 3 is 2.38 bits per heavy atom. The maximum absolute atomic E-state index is 13.5. The van der Waals surface area contributed by atoms with Crippen molar-refractivity contribution in [3.8, 4) is 11.5 Å². The zero-order chi connectivity index (χ0) is 23.3.